The van der Waals surface area contributed by atoms with Gasteiger partial charge in [0.2, 0.25) is 0 Å². The molecule has 1 saturated heterocycles. The number of aromatic nitrogens is 2. The summed E-state index contributed by atoms with van der Waals surface area (Å²) in [5.74, 6) is 0.432. The van der Waals surface area contributed by atoms with Crippen molar-refractivity contribution in [3.63, 3.8) is 0 Å². The monoisotopic (exact) mass is 468 g/mol. The maximum absolute atomic E-state index is 13.0. The van der Waals surface area contributed by atoms with E-state index in [0.29, 0.717) is 41.1 Å². The normalized spacial score (nSPS) is 16.3. The van der Waals surface area contributed by atoms with Crippen molar-refractivity contribution < 1.29 is 9.53 Å². The Kier molecular flexibility index (Phi) is 6.70. The van der Waals surface area contributed by atoms with Crippen LogP contribution in [0.1, 0.15) is 21.7 Å². The molecule has 2 heterocycles. The molecule has 3 aromatic carbocycles. The maximum atomic E-state index is 13.0. The summed E-state index contributed by atoms with van der Waals surface area (Å²) in [7, 11) is 0. The van der Waals surface area contributed by atoms with Gasteiger partial charge in [-0.05, 0) is 48.9 Å². The van der Waals surface area contributed by atoms with Gasteiger partial charge < -0.3 is 10.1 Å². The van der Waals surface area contributed by atoms with E-state index in [1.54, 1.807) is 41.8 Å². The average molecular weight is 469 g/mol. The number of para-hydroxylation sites is 1. The predicted molar refractivity (Wildman–Crippen MR) is 136 cm³/mol. The van der Waals surface area contributed by atoms with E-state index >= 15 is 0 Å². The van der Waals surface area contributed by atoms with Gasteiger partial charge >= 0.3 is 0 Å². The third kappa shape index (κ3) is 5.16. The smallest absolute Gasteiger partial charge is 0.265 e. The van der Waals surface area contributed by atoms with Crippen molar-refractivity contribution in [1.29, 1.82) is 0 Å². The Labute approximate surface area is 204 Å². The second kappa shape index (κ2) is 10.2. The molecule has 7 heteroatoms. The van der Waals surface area contributed by atoms with Crippen molar-refractivity contribution in [3.8, 4) is 5.69 Å². The fraction of sp³-hybridized carbons (Fsp3) is 0.250. The number of hydrogen-bond acceptors (Lipinski definition) is 5. The van der Waals surface area contributed by atoms with Gasteiger partial charge in [-0.15, -0.1) is 0 Å². The number of nitrogens with one attached hydrogen (secondary N) is 1. The third-order valence-corrected chi connectivity index (χ3v) is 6.29. The van der Waals surface area contributed by atoms with E-state index in [1.165, 1.54) is 5.56 Å². The molecular weight excluding hydrogens is 440 g/mol. The molecule has 7 nitrogen and oxygen atoms in total. The molecular formula is C28H28N4O3. The van der Waals surface area contributed by atoms with Crippen molar-refractivity contribution >= 4 is 16.8 Å². The van der Waals surface area contributed by atoms with Gasteiger partial charge in [0.05, 0.1) is 29.3 Å². The van der Waals surface area contributed by atoms with Crippen LogP contribution in [0.5, 0.6) is 0 Å². The molecule has 1 aromatic heterocycles. The number of amides is 1. The van der Waals surface area contributed by atoms with Crippen LogP contribution in [-0.2, 0) is 11.3 Å². The van der Waals surface area contributed by atoms with Crippen LogP contribution in [0.25, 0.3) is 16.6 Å². The highest BCUT2D eigenvalue weighted by Crippen LogP contribution is 2.14. The van der Waals surface area contributed by atoms with Crippen LogP contribution in [-0.4, -0.2) is 52.7 Å². The molecule has 0 bridgehead atoms. The second-order valence-corrected chi connectivity index (χ2v) is 8.79. The van der Waals surface area contributed by atoms with E-state index < -0.39 is 0 Å². The van der Waals surface area contributed by atoms with Crippen molar-refractivity contribution in [2.24, 2.45) is 0 Å². The second-order valence-electron chi connectivity index (χ2n) is 8.79. The Morgan fingerprint density at radius 2 is 1.77 bits per heavy atom. The molecule has 1 unspecified atom stereocenters. The first-order chi connectivity index (χ1) is 17.1. The number of ether oxygens (including phenoxy) is 1. The summed E-state index contributed by atoms with van der Waals surface area (Å²) in [6, 6.07) is 24.7. The molecule has 0 aliphatic carbocycles. The van der Waals surface area contributed by atoms with Crippen LogP contribution >= 0.6 is 0 Å². The summed E-state index contributed by atoms with van der Waals surface area (Å²) < 4.78 is 7.44. The zero-order valence-electron chi connectivity index (χ0n) is 19.7. The largest absolute Gasteiger partial charge is 0.374 e. The topological polar surface area (TPSA) is 76.5 Å². The minimum absolute atomic E-state index is 0.0550. The summed E-state index contributed by atoms with van der Waals surface area (Å²) in [6.07, 6.45) is -0.0550. The number of aryl methyl sites for hydroxylation is 1. The number of carbonyl (C=O) groups is 1. The third-order valence-electron chi connectivity index (χ3n) is 6.29. The lowest BCUT2D eigenvalue weighted by molar-refractivity contribution is -0.0292. The molecule has 1 fully saturated rings. The quantitative estimate of drug-likeness (QED) is 0.470. The first-order valence-corrected chi connectivity index (χ1v) is 11.8. The fourth-order valence-corrected chi connectivity index (χ4v) is 4.51. The highest BCUT2D eigenvalue weighted by molar-refractivity contribution is 5.94. The molecule has 1 N–H and O–H groups in total. The van der Waals surface area contributed by atoms with Crippen LogP contribution in [0.3, 0.4) is 0 Å². The van der Waals surface area contributed by atoms with Crippen molar-refractivity contribution in [2.75, 3.05) is 26.2 Å². The number of hydrogen-bond donors (Lipinski definition) is 1. The number of rotatable bonds is 6. The average Bonchev–Trinajstić information content (AvgIpc) is 2.88. The lowest BCUT2D eigenvalue weighted by Crippen LogP contribution is -2.47. The van der Waals surface area contributed by atoms with Crippen molar-refractivity contribution in [1.82, 2.24) is 19.8 Å². The van der Waals surface area contributed by atoms with Gasteiger partial charge in [0.25, 0.3) is 11.5 Å². The van der Waals surface area contributed by atoms with Gasteiger partial charge in [-0.1, -0.05) is 42.5 Å². The van der Waals surface area contributed by atoms with Gasteiger partial charge in [0.15, 0.2) is 0 Å². The summed E-state index contributed by atoms with van der Waals surface area (Å²) in [6.45, 7) is 5.42. The first kappa shape index (κ1) is 23.0. The molecule has 35 heavy (non-hydrogen) atoms. The Balaban J connectivity index is 1.22. The molecule has 5 rings (SSSR count). The SMILES string of the molecule is Cc1nc2ccccc2c(=O)n1-c1ccc(C(=O)NCC2CN(Cc3ccccc3)CCO2)cc1. The first-order valence-electron chi connectivity index (χ1n) is 11.8. The van der Waals surface area contributed by atoms with Crippen molar-refractivity contribution in [2.45, 2.75) is 19.6 Å². The highest BCUT2D eigenvalue weighted by Gasteiger charge is 2.21. The van der Waals surface area contributed by atoms with Crippen LogP contribution in [0.4, 0.5) is 0 Å². The molecule has 1 aliphatic rings. The Hall–Kier alpha value is -3.81. The van der Waals surface area contributed by atoms with E-state index in [9.17, 15) is 9.59 Å². The van der Waals surface area contributed by atoms with Gasteiger partial charge in [-0.25, -0.2) is 4.98 Å². The van der Waals surface area contributed by atoms with Gasteiger partial charge in [-0.2, -0.15) is 0 Å². The summed E-state index contributed by atoms with van der Waals surface area (Å²) in [5.41, 5.74) is 3.03. The van der Waals surface area contributed by atoms with Crippen LogP contribution < -0.4 is 10.9 Å². The van der Waals surface area contributed by atoms with Crippen molar-refractivity contribution in [3.05, 3.63) is 106 Å². The van der Waals surface area contributed by atoms with Crippen LogP contribution in [0, 0.1) is 6.92 Å². The lowest BCUT2D eigenvalue weighted by Gasteiger charge is -2.33. The van der Waals surface area contributed by atoms with E-state index in [0.717, 1.165) is 19.6 Å². The summed E-state index contributed by atoms with van der Waals surface area (Å²) >= 11 is 0. The number of benzene rings is 3. The number of fused-ring (bicyclic) bond motifs is 1. The molecule has 0 radical (unpaired) electrons. The van der Waals surface area contributed by atoms with E-state index in [2.05, 4.69) is 27.3 Å². The lowest BCUT2D eigenvalue weighted by atomic mass is 10.1. The number of nitrogens with zero attached hydrogens (tertiary/aromatic N) is 3. The molecule has 0 spiro atoms. The molecule has 1 atom stereocenters. The Morgan fingerprint density at radius 3 is 2.57 bits per heavy atom. The predicted octanol–water partition coefficient (Wildman–Crippen LogP) is 3.32. The van der Waals surface area contributed by atoms with Gasteiger partial charge in [0.1, 0.15) is 5.82 Å². The number of morpholine rings is 1. The van der Waals surface area contributed by atoms with Crippen LogP contribution in [0.15, 0.2) is 83.7 Å². The standard InChI is InChI=1S/C28H28N4O3/c1-20-30-26-10-6-5-9-25(26)28(34)32(20)23-13-11-22(12-14-23)27(33)29-17-24-19-31(15-16-35-24)18-21-7-3-2-4-8-21/h2-14,24H,15-19H2,1H3,(H,29,33). The number of carbonyl (C=O) groups excluding carboxylic acids is 1. The molecule has 178 valence electrons. The van der Waals surface area contributed by atoms with Gasteiger partial charge in [0, 0.05) is 31.7 Å². The minimum Gasteiger partial charge on any atom is -0.374 e. The zero-order chi connectivity index (χ0) is 24.2. The zero-order valence-corrected chi connectivity index (χ0v) is 19.7. The molecule has 0 saturated carbocycles. The highest BCUT2D eigenvalue weighted by atomic mass is 16.5. The van der Waals surface area contributed by atoms with E-state index in [4.69, 9.17) is 4.74 Å². The summed E-state index contributed by atoms with van der Waals surface area (Å²) in [4.78, 5) is 32.7. The maximum Gasteiger partial charge on any atom is 0.265 e. The molecule has 4 aromatic rings. The van der Waals surface area contributed by atoms with E-state index in [1.807, 2.05) is 36.4 Å². The minimum atomic E-state index is -0.166. The van der Waals surface area contributed by atoms with Crippen LogP contribution in [0.2, 0.25) is 0 Å². The Bertz CT molecular complexity index is 1380. The molecule has 1 amide bonds. The summed E-state index contributed by atoms with van der Waals surface area (Å²) in [5, 5.41) is 3.55. The molecule has 1 aliphatic heterocycles. The Morgan fingerprint density at radius 1 is 1.03 bits per heavy atom. The van der Waals surface area contributed by atoms with E-state index in [-0.39, 0.29) is 17.6 Å². The van der Waals surface area contributed by atoms with Gasteiger partial charge in [-0.3, -0.25) is 19.1 Å². The fourth-order valence-electron chi connectivity index (χ4n) is 4.51.